The summed E-state index contributed by atoms with van der Waals surface area (Å²) in [5.41, 5.74) is 6.08. The third kappa shape index (κ3) is 3.64. The van der Waals surface area contributed by atoms with Gasteiger partial charge in [0.15, 0.2) is 0 Å². The molecule has 6 nitrogen and oxygen atoms in total. The normalized spacial score (nSPS) is 10.3. The van der Waals surface area contributed by atoms with E-state index in [9.17, 15) is 4.79 Å². The first kappa shape index (κ1) is 14.2. The Morgan fingerprint density at radius 1 is 1.50 bits per heavy atom. The average Bonchev–Trinajstić information content (AvgIpc) is 2.78. The molecule has 7 heteroatoms. The molecule has 0 saturated heterocycles. The van der Waals surface area contributed by atoms with E-state index in [2.05, 4.69) is 10.4 Å². The molecule has 20 heavy (non-hydrogen) atoms. The molecule has 0 spiro atoms. The number of carbonyl (C=O) groups is 1. The third-order valence-corrected chi connectivity index (χ3v) is 2.78. The summed E-state index contributed by atoms with van der Waals surface area (Å²) in [6.45, 7) is 2.50. The molecule has 0 atom stereocenters. The molecular formula is C13H15ClN4O2. The van der Waals surface area contributed by atoms with Gasteiger partial charge in [0.05, 0.1) is 11.6 Å². The molecule has 1 amide bonds. The fraction of sp³-hybridized carbons (Fsp3) is 0.231. The molecule has 1 aromatic carbocycles. The van der Waals surface area contributed by atoms with Gasteiger partial charge in [-0.15, -0.1) is 0 Å². The SMILES string of the molecule is CCOc1ccc(NC(=O)Cn2ccc(N)n2)cc1Cl. The van der Waals surface area contributed by atoms with E-state index in [1.165, 1.54) is 4.68 Å². The van der Waals surface area contributed by atoms with Crippen molar-refractivity contribution in [3.8, 4) is 5.75 Å². The van der Waals surface area contributed by atoms with Crippen molar-refractivity contribution >= 4 is 29.0 Å². The van der Waals surface area contributed by atoms with Crippen LogP contribution in [0.5, 0.6) is 5.75 Å². The van der Waals surface area contributed by atoms with Gasteiger partial charge in [-0.3, -0.25) is 9.48 Å². The Labute approximate surface area is 121 Å². The maximum Gasteiger partial charge on any atom is 0.246 e. The number of nitrogen functional groups attached to an aromatic ring is 1. The number of hydrogen-bond acceptors (Lipinski definition) is 4. The summed E-state index contributed by atoms with van der Waals surface area (Å²) in [7, 11) is 0. The lowest BCUT2D eigenvalue weighted by molar-refractivity contribution is -0.116. The monoisotopic (exact) mass is 294 g/mol. The minimum atomic E-state index is -0.215. The molecule has 0 saturated carbocycles. The smallest absolute Gasteiger partial charge is 0.246 e. The zero-order valence-electron chi connectivity index (χ0n) is 11.0. The lowest BCUT2D eigenvalue weighted by atomic mass is 10.3. The van der Waals surface area contributed by atoms with Crippen molar-refractivity contribution in [3.05, 3.63) is 35.5 Å². The number of nitrogens with one attached hydrogen (secondary N) is 1. The second-order valence-corrected chi connectivity index (χ2v) is 4.47. The first-order valence-corrected chi connectivity index (χ1v) is 6.47. The number of rotatable bonds is 5. The third-order valence-electron chi connectivity index (χ3n) is 2.48. The molecule has 0 aliphatic heterocycles. The summed E-state index contributed by atoms with van der Waals surface area (Å²) >= 11 is 6.04. The Bertz CT molecular complexity index is 612. The number of hydrogen-bond donors (Lipinski definition) is 2. The van der Waals surface area contributed by atoms with Crippen molar-refractivity contribution in [3.63, 3.8) is 0 Å². The molecule has 0 bridgehead atoms. The molecule has 3 N–H and O–H groups in total. The standard InChI is InChI=1S/C13H15ClN4O2/c1-2-20-11-4-3-9(7-10(11)14)16-13(19)8-18-6-5-12(15)17-18/h3-7H,2,8H2,1H3,(H2,15,17)(H,16,19). The molecule has 0 radical (unpaired) electrons. The van der Waals surface area contributed by atoms with E-state index >= 15 is 0 Å². The van der Waals surface area contributed by atoms with Gasteiger partial charge in [0, 0.05) is 11.9 Å². The lowest BCUT2D eigenvalue weighted by Gasteiger charge is -2.09. The highest BCUT2D eigenvalue weighted by Gasteiger charge is 2.07. The van der Waals surface area contributed by atoms with Crippen molar-refractivity contribution in [2.24, 2.45) is 0 Å². The Balaban J connectivity index is 1.99. The van der Waals surface area contributed by atoms with E-state index in [1.807, 2.05) is 6.92 Å². The van der Waals surface area contributed by atoms with E-state index < -0.39 is 0 Å². The summed E-state index contributed by atoms with van der Waals surface area (Å²) in [6, 6.07) is 6.71. The number of benzene rings is 1. The van der Waals surface area contributed by atoms with Gasteiger partial charge in [-0.1, -0.05) is 11.6 Å². The van der Waals surface area contributed by atoms with Crippen LogP contribution in [-0.2, 0) is 11.3 Å². The average molecular weight is 295 g/mol. The number of nitrogens with two attached hydrogens (primary N) is 1. The van der Waals surface area contributed by atoms with Gasteiger partial charge in [0.2, 0.25) is 5.91 Å². The van der Waals surface area contributed by atoms with Crippen LogP contribution in [0.1, 0.15) is 6.92 Å². The minimum Gasteiger partial charge on any atom is -0.492 e. The van der Waals surface area contributed by atoms with Crippen LogP contribution in [0.2, 0.25) is 5.02 Å². The minimum absolute atomic E-state index is 0.0853. The summed E-state index contributed by atoms with van der Waals surface area (Å²) in [6.07, 6.45) is 1.64. The van der Waals surface area contributed by atoms with E-state index in [0.717, 1.165) is 0 Å². The molecule has 0 aliphatic carbocycles. The van der Waals surface area contributed by atoms with Crippen molar-refractivity contribution in [1.29, 1.82) is 0 Å². The number of carbonyl (C=O) groups excluding carboxylic acids is 1. The number of aromatic nitrogens is 2. The number of amides is 1. The summed E-state index contributed by atoms with van der Waals surface area (Å²) in [5, 5.41) is 7.12. The van der Waals surface area contributed by atoms with E-state index in [1.54, 1.807) is 30.5 Å². The predicted octanol–water partition coefficient (Wildman–Crippen LogP) is 2.16. The first-order valence-electron chi connectivity index (χ1n) is 6.09. The van der Waals surface area contributed by atoms with Gasteiger partial charge in [0.25, 0.3) is 0 Å². The van der Waals surface area contributed by atoms with Gasteiger partial charge in [-0.2, -0.15) is 5.10 Å². The largest absolute Gasteiger partial charge is 0.492 e. The van der Waals surface area contributed by atoms with Crippen molar-refractivity contribution in [2.75, 3.05) is 17.7 Å². The molecule has 2 rings (SSSR count). The molecular weight excluding hydrogens is 280 g/mol. The van der Waals surface area contributed by atoms with Gasteiger partial charge in [-0.05, 0) is 31.2 Å². The molecule has 0 aliphatic rings. The zero-order chi connectivity index (χ0) is 14.5. The highest BCUT2D eigenvalue weighted by atomic mass is 35.5. The Hall–Kier alpha value is -2.21. The second kappa shape index (κ2) is 6.29. The molecule has 106 valence electrons. The summed E-state index contributed by atoms with van der Waals surface area (Å²) < 4.78 is 6.78. The van der Waals surface area contributed by atoms with Crippen LogP contribution in [0, 0.1) is 0 Å². The predicted molar refractivity (Wildman–Crippen MR) is 77.9 cm³/mol. The van der Waals surface area contributed by atoms with Gasteiger partial charge in [0.1, 0.15) is 18.1 Å². The molecule has 0 fully saturated rings. The summed E-state index contributed by atoms with van der Waals surface area (Å²) in [4.78, 5) is 11.8. The Morgan fingerprint density at radius 2 is 2.30 bits per heavy atom. The van der Waals surface area contributed by atoms with Gasteiger partial charge >= 0.3 is 0 Å². The van der Waals surface area contributed by atoms with Crippen LogP contribution in [-0.4, -0.2) is 22.3 Å². The van der Waals surface area contributed by atoms with Crippen LogP contribution < -0.4 is 15.8 Å². The topological polar surface area (TPSA) is 82.2 Å². The number of anilines is 2. The second-order valence-electron chi connectivity index (χ2n) is 4.06. The maximum atomic E-state index is 11.8. The van der Waals surface area contributed by atoms with Crippen molar-refractivity contribution in [1.82, 2.24) is 9.78 Å². The zero-order valence-corrected chi connectivity index (χ0v) is 11.7. The quantitative estimate of drug-likeness (QED) is 0.885. The summed E-state index contributed by atoms with van der Waals surface area (Å²) in [5.74, 6) is 0.752. The molecule has 1 heterocycles. The van der Waals surface area contributed by atoms with Crippen LogP contribution >= 0.6 is 11.6 Å². The van der Waals surface area contributed by atoms with Gasteiger partial charge in [-0.25, -0.2) is 0 Å². The lowest BCUT2D eigenvalue weighted by Crippen LogP contribution is -2.19. The fourth-order valence-electron chi connectivity index (χ4n) is 1.66. The molecule has 2 aromatic rings. The highest BCUT2D eigenvalue weighted by molar-refractivity contribution is 6.32. The van der Waals surface area contributed by atoms with Crippen LogP contribution in [0.15, 0.2) is 30.5 Å². The van der Waals surface area contributed by atoms with Crippen molar-refractivity contribution < 1.29 is 9.53 Å². The molecule has 1 aromatic heterocycles. The number of halogens is 1. The highest BCUT2D eigenvalue weighted by Crippen LogP contribution is 2.27. The van der Waals surface area contributed by atoms with E-state index in [-0.39, 0.29) is 12.5 Å². The van der Waals surface area contributed by atoms with Crippen LogP contribution in [0.25, 0.3) is 0 Å². The number of nitrogens with zero attached hydrogens (tertiary/aromatic N) is 2. The maximum absolute atomic E-state index is 11.8. The fourth-order valence-corrected chi connectivity index (χ4v) is 1.90. The Kier molecular flexibility index (Phi) is 4.47. The molecule has 0 unspecified atom stereocenters. The first-order chi connectivity index (χ1) is 9.58. The van der Waals surface area contributed by atoms with Gasteiger partial charge < -0.3 is 15.8 Å². The van der Waals surface area contributed by atoms with E-state index in [0.29, 0.717) is 28.9 Å². The van der Waals surface area contributed by atoms with Crippen LogP contribution in [0.3, 0.4) is 0 Å². The van der Waals surface area contributed by atoms with E-state index in [4.69, 9.17) is 22.1 Å². The van der Waals surface area contributed by atoms with Crippen molar-refractivity contribution in [2.45, 2.75) is 13.5 Å². The Morgan fingerprint density at radius 3 is 2.90 bits per heavy atom. The van der Waals surface area contributed by atoms with Crippen LogP contribution in [0.4, 0.5) is 11.5 Å². The number of ether oxygens (including phenoxy) is 1.